The van der Waals surface area contributed by atoms with Crippen LogP contribution in [0.25, 0.3) is 0 Å². The van der Waals surface area contributed by atoms with E-state index in [0.717, 1.165) is 5.75 Å². The molecule has 0 unspecified atom stereocenters. The number of hydrogen-bond donors (Lipinski definition) is 2. The number of amides is 1. The van der Waals surface area contributed by atoms with E-state index < -0.39 is 5.25 Å². The van der Waals surface area contributed by atoms with Crippen LogP contribution >= 0.6 is 11.8 Å². The zero-order chi connectivity index (χ0) is 21.0. The van der Waals surface area contributed by atoms with E-state index in [1.165, 1.54) is 16.4 Å². The lowest BCUT2D eigenvalue weighted by Gasteiger charge is -2.17. The van der Waals surface area contributed by atoms with Gasteiger partial charge in [0, 0.05) is 11.1 Å². The van der Waals surface area contributed by atoms with Crippen LogP contribution in [0.5, 0.6) is 11.5 Å². The molecule has 3 rings (SSSR count). The Bertz CT molecular complexity index is 965. The number of anilines is 1. The molecule has 0 bridgehead atoms. The van der Waals surface area contributed by atoms with Gasteiger partial charge in [0.05, 0.1) is 5.25 Å². The van der Waals surface area contributed by atoms with Gasteiger partial charge in [-0.2, -0.15) is 0 Å². The fourth-order valence-electron chi connectivity index (χ4n) is 2.56. The predicted molar refractivity (Wildman–Crippen MR) is 116 cm³/mol. The largest absolute Gasteiger partial charge is 0.457 e. The van der Waals surface area contributed by atoms with Gasteiger partial charge in [0.15, 0.2) is 5.82 Å². The highest BCUT2D eigenvalue weighted by Gasteiger charge is 2.25. The molecular weight excluding hydrogens is 386 g/mol. The van der Waals surface area contributed by atoms with Gasteiger partial charge in [-0.3, -0.25) is 4.79 Å². The standard InChI is InChI=1S/C21H25N5O2S/c1-14(29-20-25-24-19(26(20)22)21(2,3)4)18(27)23-15-10-12-17(13-11-15)28-16-8-6-5-7-9-16/h5-14H,22H2,1-4H3,(H,23,27)/t14-/m0/s1. The van der Waals surface area contributed by atoms with Gasteiger partial charge in [-0.1, -0.05) is 50.7 Å². The van der Waals surface area contributed by atoms with E-state index in [1.807, 2.05) is 63.2 Å². The van der Waals surface area contributed by atoms with Gasteiger partial charge in [0.1, 0.15) is 11.5 Å². The fraction of sp³-hybridized carbons (Fsp3) is 0.286. The molecule has 1 heterocycles. The van der Waals surface area contributed by atoms with Crippen molar-refractivity contribution >= 4 is 23.4 Å². The van der Waals surface area contributed by atoms with Crippen molar-refractivity contribution in [1.82, 2.24) is 14.9 Å². The summed E-state index contributed by atoms with van der Waals surface area (Å²) in [5.74, 6) is 8.07. The average Bonchev–Trinajstić information content (AvgIpc) is 3.05. The van der Waals surface area contributed by atoms with E-state index in [1.54, 1.807) is 19.1 Å². The summed E-state index contributed by atoms with van der Waals surface area (Å²) >= 11 is 1.27. The molecule has 0 spiro atoms. The molecule has 0 saturated carbocycles. The summed E-state index contributed by atoms with van der Waals surface area (Å²) in [6, 6.07) is 16.8. The molecule has 0 saturated heterocycles. The molecule has 1 amide bonds. The van der Waals surface area contributed by atoms with Crippen molar-refractivity contribution < 1.29 is 9.53 Å². The van der Waals surface area contributed by atoms with E-state index in [4.69, 9.17) is 10.6 Å². The number of nitrogen functional groups attached to an aromatic ring is 1. The molecule has 3 N–H and O–H groups in total. The monoisotopic (exact) mass is 411 g/mol. The third-order valence-corrected chi connectivity index (χ3v) is 5.14. The van der Waals surface area contributed by atoms with E-state index in [-0.39, 0.29) is 11.3 Å². The van der Waals surface area contributed by atoms with E-state index in [0.29, 0.717) is 22.4 Å². The van der Waals surface area contributed by atoms with Crippen molar-refractivity contribution in [2.45, 2.75) is 43.5 Å². The molecule has 29 heavy (non-hydrogen) atoms. The highest BCUT2D eigenvalue weighted by molar-refractivity contribution is 8.00. The molecule has 0 radical (unpaired) electrons. The first-order chi connectivity index (χ1) is 13.7. The van der Waals surface area contributed by atoms with E-state index in [9.17, 15) is 4.79 Å². The molecule has 2 aromatic carbocycles. The first kappa shape index (κ1) is 20.7. The lowest BCUT2D eigenvalue weighted by atomic mass is 9.96. The second kappa shape index (κ2) is 8.57. The summed E-state index contributed by atoms with van der Waals surface area (Å²) in [5, 5.41) is 11.3. The first-order valence-electron chi connectivity index (χ1n) is 9.25. The molecule has 7 nitrogen and oxygen atoms in total. The Morgan fingerprint density at radius 1 is 1.07 bits per heavy atom. The molecule has 1 aromatic heterocycles. The Kier molecular flexibility index (Phi) is 6.12. The van der Waals surface area contributed by atoms with E-state index in [2.05, 4.69) is 15.5 Å². The summed E-state index contributed by atoms with van der Waals surface area (Å²) in [7, 11) is 0. The van der Waals surface area contributed by atoms with Crippen molar-refractivity contribution in [1.29, 1.82) is 0 Å². The number of carbonyl (C=O) groups excluding carboxylic acids is 1. The summed E-state index contributed by atoms with van der Waals surface area (Å²) in [4.78, 5) is 12.5. The highest BCUT2D eigenvalue weighted by atomic mass is 32.2. The molecule has 8 heteroatoms. The lowest BCUT2D eigenvalue weighted by molar-refractivity contribution is -0.115. The van der Waals surface area contributed by atoms with Crippen LogP contribution in [-0.2, 0) is 10.2 Å². The van der Waals surface area contributed by atoms with Crippen LogP contribution in [0, 0.1) is 0 Å². The van der Waals surface area contributed by atoms with Crippen molar-refractivity contribution in [3.63, 3.8) is 0 Å². The lowest BCUT2D eigenvalue weighted by Crippen LogP contribution is -2.26. The number of hydrogen-bond acceptors (Lipinski definition) is 6. The van der Waals surface area contributed by atoms with Crippen molar-refractivity contribution in [3.8, 4) is 11.5 Å². The second-order valence-electron chi connectivity index (χ2n) is 7.62. The number of carbonyl (C=O) groups is 1. The number of nitrogens with two attached hydrogens (primary N) is 1. The summed E-state index contributed by atoms with van der Waals surface area (Å²) in [5.41, 5.74) is 0.461. The number of nitrogens with zero attached hydrogens (tertiary/aromatic N) is 3. The number of nitrogens with one attached hydrogen (secondary N) is 1. The highest BCUT2D eigenvalue weighted by Crippen LogP contribution is 2.27. The SMILES string of the molecule is C[C@H](Sc1nnc(C(C)(C)C)n1N)C(=O)Nc1ccc(Oc2ccccc2)cc1. The summed E-state index contributed by atoms with van der Waals surface area (Å²) < 4.78 is 7.21. The maximum atomic E-state index is 12.5. The number of benzene rings is 2. The van der Waals surface area contributed by atoms with Gasteiger partial charge in [-0.05, 0) is 43.3 Å². The van der Waals surface area contributed by atoms with E-state index >= 15 is 0 Å². The molecular formula is C21H25N5O2S. The van der Waals surface area contributed by atoms with Crippen LogP contribution in [0.15, 0.2) is 59.8 Å². The Balaban J connectivity index is 1.59. The third-order valence-electron chi connectivity index (χ3n) is 4.09. The Labute approximate surface area is 174 Å². The summed E-state index contributed by atoms with van der Waals surface area (Å²) in [6.45, 7) is 7.83. The first-order valence-corrected chi connectivity index (χ1v) is 10.1. The average molecular weight is 412 g/mol. The molecule has 1 atom stereocenters. The smallest absolute Gasteiger partial charge is 0.237 e. The Hall–Kier alpha value is -3.00. The van der Waals surface area contributed by atoms with Gasteiger partial charge < -0.3 is 15.9 Å². The van der Waals surface area contributed by atoms with Gasteiger partial charge in [-0.25, -0.2) is 4.68 Å². The maximum Gasteiger partial charge on any atom is 0.237 e. The van der Waals surface area contributed by atoms with Crippen LogP contribution in [0.3, 0.4) is 0 Å². The molecule has 0 aliphatic rings. The van der Waals surface area contributed by atoms with Gasteiger partial charge in [-0.15, -0.1) is 10.2 Å². The zero-order valence-corrected chi connectivity index (χ0v) is 17.7. The van der Waals surface area contributed by atoms with Crippen molar-refractivity contribution in [2.24, 2.45) is 0 Å². The Morgan fingerprint density at radius 3 is 2.28 bits per heavy atom. The number of rotatable bonds is 6. The number of thioether (sulfide) groups is 1. The quantitative estimate of drug-likeness (QED) is 0.466. The third kappa shape index (κ3) is 5.29. The zero-order valence-electron chi connectivity index (χ0n) is 16.9. The molecule has 0 aliphatic heterocycles. The van der Waals surface area contributed by atoms with Crippen LogP contribution in [0.1, 0.15) is 33.5 Å². The van der Waals surface area contributed by atoms with Crippen molar-refractivity contribution in [2.75, 3.05) is 11.2 Å². The van der Waals surface area contributed by atoms with Crippen LogP contribution in [0.4, 0.5) is 5.69 Å². The van der Waals surface area contributed by atoms with Crippen LogP contribution < -0.4 is 15.9 Å². The molecule has 3 aromatic rings. The number of aromatic nitrogens is 3. The van der Waals surface area contributed by atoms with Crippen LogP contribution in [-0.4, -0.2) is 26.0 Å². The molecule has 0 fully saturated rings. The number of para-hydroxylation sites is 1. The minimum atomic E-state index is -0.394. The van der Waals surface area contributed by atoms with Gasteiger partial charge >= 0.3 is 0 Å². The van der Waals surface area contributed by atoms with Gasteiger partial charge in [0.2, 0.25) is 11.1 Å². The minimum absolute atomic E-state index is 0.146. The fourth-order valence-corrected chi connectivity index (χ4v) is 3.33. The maximum absolute atomic E-state index is 12.5. The topological polar surface area (TPSA) is 95.1 Å². The van der Waals surface area contributed by atoms with Gasteiger partial charge in [0.25, 0.3) is 0 Å². The predicted octanol–water partition coefficient (Wildman–Crippen LogP) is 4.20. The molecule has 0 aliphatic carbocycles. The second-order valence-corrected chi connectivity index (χ2v) is 8.92. The molecule has 152 valence electrons. The number of ether oxygens (including phenoxy) is 1. The minimum Gasteiger partial charge on any atom is -0.457 e. The van der Waals surface area contributed by atoms with Crippen molar-refractivity contribution in [3.05, 3.63) is 60.4 Å². The normalized spacial score (nSPS) is 12.4. The Morgan fingerprint density at radius 2 is 1.69 bits per heavy atom. The summed E-state index contributed by atoms with van der Waals surface area (Å²) in [6.07, 6.45) is 0. The van der Waals surface area contributed by atoms with Crippen LogP contribution in [0.2, 0.25) is 0 Å².